The maximum absolute atomic E-state index is 12.3. The van der Waals surface area contributed by atoms with E-state index in [1.165, 1.54) is 17.7 Å². The van der Waals surface area contributed by atoms with E-state index in [-0.39, 0.29) is 12.1 Å². The number of urea groups is 1. The number of nitrogens with one attached hydrogen (secondary N) is 2. The number of hydrogen-bond donors (Lipinski definition) is 2. The fourth-order valence-corrected chi connectivity index (χ4v) is 4.01. The zero-order valence-corrected chi connectivity index (χ0v) is 15.1. The summed E-state index contributed by atoms with van der Waals surface area (Å²) in [6.45, 7) is 5.59. The minimum atomic E-state index is -0.159. The Balaban J connectivity index is 1.58. The van der Waals surface area contributed by atoms with Crippen LogP contribution in [0.3, 0.4) is 0 Å². The van der Waals surface area contributed by atoms with Gasteiger partial charge in [0, 0.05) is 17.8 Å². The first-order valence-corrected chi connectivity index (χ1v) is 9.52. The normalized spacial score (nSPS) is 15.6. The number of thiophene rings is 1. The lowest BCUT2D eigenvalue weighted by Gasteiger charge is -2.21. The van der Waals surface area contributed by atoms with E-state index >= 15 is 0 Å². The summed E-state index contributed by atoms with van der Waals surface area (Å²) in [5, 5.41) is 16.6. The molecule has 2 aromatic heterocycles. The van der Waals surface area contributed by atoms with Crippen LogP contribution < -0.4 is 10.6 Å². The van der Waals surface area contributed by atoms with Gasteiger partial charge in [0.05, 0.1) is 12.6 Å². The quantitative estimate of drug-likeness (QED) is 0.872. The highest BCUT2D eigenvalue weighted by molar-refractivity contribution is 7.10. The molecular weight excluding hydrogens is 322 g/mol. The molecule has 0 saturated heterocycles. The maximum Gasteiger partial charge on any atom is 0.315 e. The van der Waals surface area contributed by atoms with Crippen LogP contribution in [0.25, 0.3) is 0 Å². The van der Waals surface area contributed by atoms with Crippen molar-refractivity contribution in [2.45, 2.75) is 58.7 Å². The summed E-state index contributed by atoms with van der Waals surface area (Å²) in [4.78, 5) is 13.5. The highest BCUT2D eigenvalue weighted by Crippen LogP contribution is 2.25. The van der Waals surface area contributed by atoms with Gasteiger partial charge in [-0.3, -0.25) is 0 Å². The molecule has 0 fully saturated rings. The monoisotopic (exact) mass is 347 g/mol. The summed E-state index contributed by atoms with van der Waals surface area (Å²) >= 11 is 1.67. The zero-order chi connectivity index (χ0) is 16.9. The summed E-state index contributed by atoms with van der Waals surface area (Å²) in [5.41, 5.74) is 0. The molecule has 1 unspecified atom stereocenters. The van der Waals surface area contributed by atoms with Gasteiger partial charge in [-0.05, 0) is 30.2 Å². The van der Waals surface area contributed by atoms with Crippen molar-refractivity contribution in [3.05, 3.63) is 34.0 Å². The molecule has 1 aliphatic rings. The minimum absolute atomic E-state index is 0.0283. The first kappa shape index (κ1) is 17.0. The van der Waals surface area contributed by atoms with E-state index in [2.05, 4.69) is 45.3 Å². The second kappa shape index (κ2) is 7.79. The molecule has 0 saturated carbocycles. The minimum Gasteiger partial charge on any atom is -0.331 e. The van der Waals surface area contributed by atoms with Gasteiger partial charge in [0.2, 0.25) is 0 Å². The third-order valence-corrected chi connectivity index (χ3v) is 5.35. The predicted octanol–water partition coefficient (Wildman–Crippen LogP) is 3.26. The lowest BCUT2D eigenvalue weighted by Crippen LogP contribution is -2.39. The lowest BCUT2D eigenvalue weighted by atomic mass is 10.0. The van der Waals surface area contributed by atoms with Crippen LogP contribution >= 0.6 is 11.3 Å². The van der Waals surface area contributed by atoms with E-state index in [1.807, 2.05) is 11.4 Å². The van der Waals surface area contributed by atoms with Crippen LogP contribution in [0.5, 0.6) is 0 Å². The van der Waals surface area contributed by atoms with Gasteiger partial charge >= 0.3 is 6.03 Å². The average Bonchev–Trinajstić information content (AvgIpc) is 3.16. The molecule has 7 heteroatoms. The molecule has 0 radical (unpaired) electrons. The Kier molecular flexibility index (Phi) is 5.50. The molecule has 24 heavy (non-hydrogen) atoms. The van der Waals surface area contributed by atoms with Gasteiger partial charge in [0.25, 0.3) is 0 Å². The van der Waals surface area contributed by atoms with Crippen molar-refractivity contribution in [1.29, 1.82) is 0 Å². The maximum atomic E-state index is 12.3. The largest absolute Gasteiger partial charge is 0.331 e. The van der Waals surface area contributed by atoms with Gasteiger partial charge in [-0.25, -0.2) is 4.79 Å². The van der Waals surface area contributed by atoms with Gasteiger partial charge in [0.15, 0.2) is 5.82 Å². The van der Waals surface area contributed by atoms with Crippen LogP contribution in [-0.2, 0) is 19.5 Å². The summed E-state index contributed by atoms with van der Waals surface area (Å²) in [6, 6.07) is 3.95. The van der Waals surface area contributed by atoms with Crippen molar-refractivity contribution in [2.24, 2.45) is 5.92 Å². The van der Waals surface area contributed by atoms with Crippen LogP contribution in [0.1, 0.15) is 55.7 Å². The number of amides is 2. The Hall–Kier alpha value is -1.89. The number of nitrogens with zero attached hydrogens (tertiary/aromatic N) is 3. The summed E-state index contributed by atoms with van der Waals surface area (Å²) in [5.74, 6) is 2.22. The van der Waals surface area contributed by atoms with Crippen molar-refractivity contribution in [3.63, 3.8) is 0 Å². The molecule has 130 valence electrons. The van der Waals surface area contributed by atoms with Crippen LogP contribution in [0.2, 0.25) is 0 Å². The van der Waals surface area contributed by atoms with Crippen LogP contribution in [-0.4, -0.2) is 20.8 Å². The highest BCUT2D eigenvalue weighted by Gasteiger charge is 2.20. The second-order valence-electron chi connectivity index (χ2n) is 6.56. The molecule has 0 spiro atoms. The van der Waals surface area contributed by atoms with E-state index in [1.54, 1.807) is 11.3 Å². The second-order valence-corrected chi connectivity index (χ2v) is 7.54. The summed E-state index contributed by atoms with van der Waals surface area (Å²) in [7, 11) is 0. The standard InChI is InChI=1S/C17H25N5OS/c1-12(2)16(13-7-6-10-24-13)19-17(23)18-11-15-21-20-14-8-4-3-5-9-22(14)15/h6-7,10,12,16H,3-5,8-9,11H2,1-2H3,(H2,18,19,23). The Morgan fingerprint density at radius 3 is 2.96 bits per heavy atom. The summed E-state index contributed by atoms with van der Waals surface area (Å²) < 4.78 is 2.16. The molecule has 2 aromatic rings. The Labute approximate surface area is 146 Å². The molecule has 1 atom stereocenters. The number of fused-ring (bicyclic) bond motifs is 1. The fourth-order valence-electron chi connectivity index (χ4n) is 3.06. The van der Waals surface area contributed by atoms with Crippen molar-refractivity contribution in [1.82, 2.24) is 25.4 Å². The molecule has 3 heterocycles. The molecule has 0 bridgehead atoms. The van der Waals surface area contributed by atoms with Gasteiger partial charge in [-0.2, -0.15) is 0 Å². The van der Waals surface area contributed by atoms with Gasteiger partial charge < -0.3 is 15.2 Å². The predicted molar refractivity (Wildman–Crippen MR) is 94.8 cm³/mol. The summed E-state index contributed by atoms with van der Waals surface area (Å²) in [6.07, 6.45) is 4.53. The SMILES string of the molecule is CC(C)C(NC(=O)NCc1nnc2n1CCCCC2)c1cccs1. The number of carbonyl (C=O) groups is 1. The van der Waals surface area contributed by atoms with Gasteiger partial charge in [0.1, 0.15) is 5.82 Å². The molecule has 0 aliphatic carbocycles. The first-order valence-electron chi connectivity index (χ1n) is 8.64. The number of carbonyl (C=O) groups excluding carboxylic acids is 1. The van der Waals surface area contributed by atoms with Crippen LogP contribution in [0.4, 0.5) is 4.79 Å². The third kappa shape index (κ3) is 3.95. The Bertz CT molecular complexity index is 665. The van der Waals surface area contributed by atoms with E-state index in [0.717, 1.165) is 31.0 Å². The van der Waals surface area contributed by atoms with Crippen LogP contribution in [0.15, 0.2) is 17.5 Å². The number of aryl methyl sites for hydroxylation is 1. The molecule has 3 rings (SSSR count). The molecule has 2 amide bonds. The Morgan fingerprint density at radius 1 is 1.33 bits per heavy atom. The van der Waals surface area contributed by atoms with Crippen LogP contribution in [0, 0.1) is 5.92 Å². The molecular formula is C17H25N5OS. The van der Waals surface area contributed by atoms with Crippen molar-refractivity contribution >= 4 is 17.4 Å². The van der Waals surface area contributed by atoms with E-state index in [4.69, 9.17) is 0 Å². The first-order chi connectivity index (χ1) is 11.6. The molecule has 0 aromatic carbocycles. The molecule has 6 nitrogen and oxygen atoms in total. The molecule has 1 aliphatic heterocycles. The van der Waals surface area contributed by atoms with Crippen molar-refractivity contribution < 1.29 is 4.79 Å². The fraction of sp³-hybridized carbons (Fsp3) is 0.588. The zero-order valence-electron chi connectivity index (χ0n) is 14.3. The van der Waals surface area contributed by atoms with Gasteiger partial charge in [-0.15, -0.1) is 21.5 Å². The molecule has 2 N–H and O–H groups in total. The van der Waals surface area contributed by atoms with Crippen molar-refractivity contribution in [2.75, 3.05) is 0 Å². The Morgan fingerprint density at radius 2 is 2.21 bits per heavy atom. The third-order valence-electron chi connectivity index (χ3n) is 4.40. The number of aromatic nitrogens is 3. The topological polar surface area (TPSA) is 71.8 Å². The lowest BCUT2D eigenvalue weighted by molar-refractivity contribution is 0.232. The number of hydrogen-bond acceptors (Lipinski definition) is 4. The smallest absolute Gasteiger partial charge is 0.315 e. The van der Waals surface area contributed by atoms with E-state index < -0.39 is 0 Å². The van der Waals surface area contributed by atoms with Gasteiger partial charge in [-0.1, -0.05) is 26.3 Å². The average molecular weight is 347 g/mol. The number of rotatable bonds is 5. The van der Waals surface area contributed by atoms with E-state index in [9.17, 15) is 4.79 Å². The highest BCUT2D eigenvalue weighted by atomic mass is 32.1. The van der Waals surface area contributed by atoms with Crippen molar-refractivity contribution in [3.8, 4) is 0 Å². The van der Waals surface area contributed by atoms with E-state index in [0.29, 0.717) is 12.5 Å².